The van der Waals surface area contributed by atoms with E-state index in [1.807, 2.05) is 37.3 Å². The molecule has 1 atom stereocenters. The lowest BCUT2D eigenvalue weighted by Gasteiger charge is -2.27. The second-order valence-corrected chi connectivity index (χ2v) is 10.0. The molecule has 0 aromatic heterocycles. The first-order chi connectivity index (χ1) is 15.7. The number of nitrogens with zero attached hydrogens (tertiary/aromatic N) is 2. The molecule has 0 heterocycles. The predicted molar refractivity (Wildman–Crippen MR) is 129 cm³/mol. The molecule has 0 aliphatic carbocycles. The minimum atomic E-state index is -3.94. The van der Waals surface area contributed by atoms with E-state index in [1.165, 1.54) is 32.3 Å². The minimum absolute atomic E-state index is 0.0390. The van der Waals surface area contributed by atoms with Gasteiger partial charge in [-0.25, -0.2) is 4.39 Å². The third-order valence-corrected chi connectivity index (χ3v) is 7.15. The monoisotopic (exact) mass is 469 g/mol. The van der Waals surface area contributed by atoms with Gasteiger partial charge in [0.15, 0.2) is 0 Å². The standard InChI is InChI=1S/C25H28FN3O3S/c1-19(21-9-5-4-6-10-21)17-27-25(30)22-15-13-20(14-16-22)18-29(33(31,32)28(2)3)24-12-8-7-11-23(24)26/h4-16,19H,17-18H2,1-3H3,(H,27,30)/t19-/m1/s1. The molecule has 0 saturated heterocycles. The van der Waals surface area contributed by atoms with Crippen molar-refractivity contribution >= 4 is 21.8 Å². The number of carbonyl (C=O) groups excluding carboxylic acids is 1. The summed E-state index contributed by atoms with van der Waals surface area (Å²) in [5, 5.41) is 2.93. The van der Waals surface area contributed by atoms with Gasteiger partial charge < -0.3 is 5.32 Å². The van der Waals surface area contributed by atoms with Gasteiger partial charge in [0.05, 0.1) is 12.2 Å². The van der Waals surface area contributed by atoms with Crippen LogP contribution in [-0.4, -0.2) is 39.3 Å². The normalized spacial score (nSPS) is 12.4. The van der Waals surface area contributed by atoms with Gasteiger partial charge in [-0.1, -0.05) is 61.5 Å². The Hall–Kier alpha value is -3.23. The van der Waals surface area contributed by atoms with E-state index in [4.69, 9.17) is 0 Å². The van der Waals surface area contributed by atoms with E-state index in [2.05, 4.69) is 5.32 Å². The first-order valence-electron chi connectivity index (χ1n) is 10.6. The highest BCUT2D eigenvalue weighted by Crippen LogP contribution is 2.25. The van der Waals surface area contributed by atoms with Crippen molar-refractivity contribution in [3.05, 3.63) is 101 Å². The molecule has 3 aromatic carbocycles. The summed E-state index contributed by atoms with van der Waals surface area (Å²) in [6.45, 7) is 2.46. The molecule has 174 valence electrons. The number of para-hydroxylation sites is 1. The van der Waals surface area contributed by atoms with Gasteiger partial charge in [0, 0.05) is 26.2 Å². The van der Waals surface area contributed by atoms with Crippen LogP contribution in [0.5, 0.6) is 0 Å². The van der Waals surface area contributed by atoms with Crippen LogP contribution in [-0.2, 0) is 16.8 Å². The molecule has 1 N–H and O–H groups in total. The second kappa shape index (κ2) is 10.6. The lowest BCUT2D eigenvalue weighted by atomic mass is 10.0. The van der Waals surface area contributed by atoms with Crippen molar-refractivity contribution in [2.45, 2.75) is 19.4 Å². The van der Waals surface area contributed by atoms with E-state index in [9.17, 15) is 17.6 Å². The fourth-order valence-corrected chi connectivity index (χ4v) is 4.42. The van der Waals surface area contributed by atoms with Gasteiger partial charge in [0.2, 0.25) is 0 Å². The Labute approximate surface area is 194 Å². The number of amides is 1. The number of benzene rings is 3. The topological polar surface area (TPSA) is 69.7 Å². The molecule has 0 spiro atoms. The van der Waals surface area contributed by atoms with Crippen molar-refractivity contribution in [2.24, 2.45) is 0 Å². The summed E-state index contributed by atoms with van der Waals surface area (Å²) in [6, 6.07) is 22.3. The van der Waals surface area contributed by atoms with Crippen LogP contribution in [0.25, 0.3) is 0 Å². The van der Waals surface area contributed by atoms with E-state index in [0.29, 0.717) is 17.7 Å². The fourth-order valence-electron chi connectivity index (χ4n) is 3.32. The average molecular weight is 470 g/mol. The van der Waals surface area contributed by atoms with Crippen LogP contribution in [0, 0.1) is 5.82 Å². The fraction of sp³-hybridized carbons (Fsp3) is 0.240. The number of nitrogens with one attached hydrogen (secondary N) is 1. The van der Waals surface area contributed by atoms with E-state index in [0.717, 1.165) is 14.2 Å². The number of hydrogen-bond acceptors (Lipinski definition) is 3. The molecule has 0 fully saturated rings. The van der Waals surface area contributed by atoms with E-state index in [1.54, 1.807) is 30.3 Å². The summed E-state index contributed by atoms with van der Waals surface area (Å²) in [5.74, 6) is -0.678. The van der Waals surface area contributed by atoms with Gasteiger partial charge in [-0.15, -0.1) is 0 Å². The smallest absolute Gasteiger partial charge is 0.303 e. The average Bonchev–Trinajstić information content (AvgIpc) is 2.82. The third kappa shape index (κ3) is 5.97. The van der Waals surface area contributed by atoms with Crippen LogP contribution in [0.1, 0.15) is 34.3 Å². The summed E-state index contributed by atoms with van der Waals surface area (Å²) >= 11 is 0. The SMILES string of the molecule is C[C@H](CNC(=O)c1ccc(CN(c2ccccc2F)S(=O)(=O)N(C)C)cc1)c1ccccc1. The Kier molecular flexibility index (Phi) is 7.84. The molecule has 0 unspecified atom stereocenters. The Balaban J connectivity index is 1.72. The maximum Gasteiger partial charge on any atom is 0.303 e. The summed E-state index contributed by atoms with van der Waals surface area (Å²) in [4.78, 5) is 12.6. The van der Waals surface area contributed by atoms with Gasteiger partial charge in [0.1, 0.15) is 5.82 Å². The molecule has 3 rings (SSSR count). The number of hydrogen-bond donors (Lipinski definition) is 1. The van der Waals surface area contributed by atoms with E-state index < -0.39 is 16.0 Å². The largest absolute Gasteiger partial charge is 0.351 e. The predicted octanol–water partition coefficient (Wildman–Crippen LogP) is 4.17. The summed E-state index contributed by atoms with van der Waals surface area (Å²) < 4.78 is 42.2. The highest BCUT2D eigenvalue weighted by Gasteiger charge is 2.27. The van der Waals surface area contributed by atoms with Gasteiger partial charge in [0.25, 0.3) is 5.91 Å². The molecule has 33 heavy (non-hydrogen) atoms. The molecule has 3 aromatic rings. The highest BCUT2D eigenvalue weighted by molar-refractivity contribution is 7.90. The molecule has 8 heteroatoms. The highest BCUT2D eigenvalue weighted by atomic mass is 32.2. The molecular weight excluding hydrogens is 441 g/mol. The van der Waals surface area contributed by atoms with Gasteiger partial charge in [-0.3, -0.25) is 9.10 Å². The Morgan fingerprint density at radius 2 is 1.55 bits per heavy atom. The van der Waals surface area contributed by atoms with Crippen molar-refractivity contribution in [3.63, 3.8) is 0 Å². The van der Waals surface area contributed by atoms with Crippen molar-refractivity contribution in [2.75, 3.05) is 24.9 Å². The lowest BCUT2D eigenvalue weighted by molar-refractivity contribution is 0.0951. The molecule has 0 bridgehead atoms. The number of halogens is 1. The maximum absolute atomic E-state index is 14.4. The van der Waals surface area contributed by atoms with Crippen LogP contribution >= 0.6 is 0 Å². The van der Waals surface area contributed by atoms with Crippen LogP contribution in [0.4, 0.5) is 10.1 Å². The summed E-state index contributed by atoms with van der Waals surface area (Å²) in [7, 11) is -1.14. The molecule has 0 saturated carbocycles. The number of rotatable bonds is 9. The first-order valence-corrected chi connectivity index (χ1v) is 12.0. The van der Waals surface area contributed by atoms with Gasteiger partial charge in [-0.2, -0.15) is 12.7 Å². The first kappa shape index (κ1) is 24.4. The van der Waals surface area contributed by atoms with Crippen LogP contribution in [0.2, 0.25) is 0 Å². The van der Waals surface area contributed by atoms with Crippen molar-refractivity contribution in [1.29, 1.82) is 0 Å². The van der Waals surface area contributed by atoms with Crippen molar-refractivity contribution < 1.29 is 17.6 Å². The molecule has 1 amide bonds. The van der Waals surface area contributed by atoms with Gasteiger partial charge in [-0.05, 0) is 41.3 Å². The molecule has 0 aliphatic rings. The number of anilines is 1. The quantitative estimate of drug-likeness (QED) is 0.511. The third-order valence-electron chi connectivity index (χ3n) is 5.34. The molecule has 0 radical (unpaired) electrons. The van der Waals surface area contributed by atoms with E-state index in [-0.39, 0.29) is 24.1 Å². The van der Waals surface area contributed by atoms with Crippen molar-refractivity contribution in [3.8, 4) is 0 Å². The minimum Gasteiger partial charge on any atom is -0.351 e. The Morgan fingerprint density at radius 3 is 2.15 bits per heavy atom. The van der Waals surface area contributed by atoms with E-state index >= 15 is 0 Å². The van der Waals surface area contributed by atoms with Crippen LogP contribution in [0.15, 0.2) is 78.9 Å². The van der Waals surface area contributed by atoms with Crippen LogP contribution < -0.4 is 9.62 Å². The Bertz CT molecular complexity index is 1180. The van der Waals surface area contributed by atoms with Crippen molar-refractivity contribution in [1.82, 2.24) is 9.62 Å². The van der Waals surface area contributed by atoms with Crippen LogP contribution in [0.3, 0.4) is 0 Å². The molecule has 0 aliphatic heterocycles. The zero-order valence-corrected chi connectivity index (χ0v) is 19.7. The number of carbonyl (C=O) groups is 1. The lowest BCUT2D eigenvalue weighted by Crippen LogP contribution is -2.40. The van der Waals surface area contributed by atoms with Gasteiger partial charge >= 0.3 is 10.2 Å². The maximum atomic E-state index is 14.4. The molecule has 6 nitrogen and oxygen atoms in total. The summed E-state index contributed by atoms with van der Waals surface area (Å²) in [5.41, 5.74) is 2.19. The summed E-state index contributed by atoms with van der Waals surface area (Å²) in [6.07, 6.45) is 0. The molecular formula is C25H28FN3O3S. The zero-order chi connectivity index (χ0) is 24.0. The second-order valence-electron chi connectivity index (χ2n) is 7.97. The zero-order valence-electron chi connectivity index (χ0n) is 18.9. The Morgan fingerprint density at radius 1 is 0.939 bits per heavy atom.